The number of rotatable bonds is 8. The summed E-state index contributed by atoms with van der Waals surface area (Å²) >= 11 is 0. The SMILES string of the molecule is COc1ccc(C(=O)C2C(c3ccc(OC)cc3)C(C(=O)NCc3ccccc3)N3C=CC=CC23)cc1. The standard InChI is InChI=1S/C31H30N2O4/c1-36-24-15-11-22(12-16-24)27-28(30(34)23-13-17-25(37-2)18-14-23)26-10-6-7-19-33(26)29(27)31(35)32-20-21-8-4-3-5-9-21/h3-19,26-29H,20H2,1-2H3,(H,32,35). The summed E-state index contributed by atoms with van der Waals surface area (Å²) in [7, 11) is 3.22. The number of ketones is 1. The molecular weight excluding hydrogens is 464 g/mol. The molecule has 0 aromatic heterocycles. The molecule has 4 unspecified atom stereocenters. The Balaban J connectivity index is 1.54. The van der Waals surface area contributed by atoms with Gasteiger partial charge in [-0.3, -0.25) is 9.59 Å². The predicted octanol–water partition coefficient (Wildman–Crippen LogP) is 4.74. The molecule has 1 saturated heterocycles. The molecule has 3 aromatic rings. The molecule has 1 N–H and O–H groups in total. The molecule has 2 aliphatic rings. The highest BCUT2D eigenvalue weighted by Gasteiger charge is 2.53. The van der Waals surface area contributed by atoms with Crippen LogP contribution in [0.1, 0.15) is 27.4 Å². The van der Waals surface area contributed by atoms with Crippen molar-refractivity contribution >= 4 is 11.7 Å². The first kappa shape index (κ1) is 24.4. The fourth-order valence-electron chi connectivity index (χ4n) is 5.37. The van der Waals surface area contributed by atoms with Gasteiger partial charge in [-0.1, -0.05) is 54.6 Å². The van der Waals surface area contributed by atoms with E-state index in [9.17, 15) is 9.59 Å². The van der Waals surface area contributed by atoms with Gasteiger partial charge in [0, 0.05) is 24.2 Å². The Hall–Kier alpha value is -4.32. The Morgan fingerprint density at radius 1 is 0.838 bits per heavy atom. The summed E-state index contributed by atoms with van der Waals surface area (Å²) in [6.45, 7) is 0.417. The Morgan fingerprint density at radius 3 is 2.14 bits per heavy atom. The maximum atomic E-state index is 14.1. The predicted molar refractivity (Wildman–Crippen MR) is 143 cm³/mol. The Bertz CT molecular complexity index is 1300. The first-order valence-corrected chi connectivity index (χ1v) is 12.4. The third-order valence-electron chi connectivity index (χ3n) is 7.19. The van der Waals surface area contributed by atoms with E-state index in [0.717, 1.165) is 16.9 Å². The lowest BCUT2D eigenvalue weighted by Crippen LogP contribution is -2.45. The highest BCUT2D eigenvalue weighted by Crippen LogP contribution is 2.46. The highest BCUT2D eigenvalue weighted by atomic mass is 16.5. The van der Waals surface area contributed by atoms with E-state index in [-0.39, 0.29) is 23.7 Å². The van der Waals surface area contributed by atoms with Crippen LogP contribution in [-0.2, 0) is 11.3 Å². The van der Waals surface area contributed by atoms with Crippen molar-refractivity contribution < 1.29 is 19.1 Å². The minimum Gasteiger partial charge on any atom is -0.497 e. The van der Waals surface area contributed by atoms with E-state index >= 15 is 0 Å². The molecule has 2 aliphatic heterocycles. The van der Waals surface area contributed by atoms with Gasteiger partial charge in [-0.25, -0.2) is 0 Å². The van der Waals surface area contributed by atoms with Crippen LogP contribution in [0.4, 0.5) is 0 Å². The second kappa shape index (κ2) is 10.7. The van der Waals surface area contributed by atoms with E-state index in [1.165, 1.54) is 0 Å². The number of Topliss-reactive ketones (excluding diaryl/α,β-unsaturated/α-hetero) is 1. The number of benzene rings is 3. The zero-order valence-corrected chi connectivity index (χ0v) is 20.9. The van der Waals surface area contributed by atoms with Crippen molar-refractivity contribution in [1.82, 2.24) is 10.2 Å². The lowest BCUT2D eigenvalue weighted by Gasteiger charge is -2.30. The quantitative estimate of drug-likeness (QED) is 0.458. The van der Waals surface area contributed by atoms with Gasteiger partial charge in [-0.05, 0) is 53.6 Å². The summed E-state index contributed by atoms with van der Waals surface area (Å²) in [6.07, 6.45) is 7.81. The number of methoxy groups -OCH3 is 2. The van der Waals surface area contributed by atoms with Crippen molar-refractivity contribution in [1.29, 1.82) is 0 Å². The summed E-state index contributed by atoms with van der Waals surface area (Å²) in [6, 6.07) is 23.9. The second-order valence-electron chi connectivity index (χ2n) is 9.23. The lowest BCUT2D eigenvalue weighted by atomic mass is 9.77. The maximum Gasteiger partial charge on any atom is 0.243 e. The monoisotopic (exact) mass is 494 g/mol. The number of carbonyl (C=O) groups is 2. The van der Waals surface area contributed by atoms with E-state index in [4.69, 9.17) is 9.47 Å². The molecule has 0 saturated carbocycles. The number of nitrogens with zero attached hydrogens (tertiary/aromatic N) is 1. The van der Waals surface area contributed by atoms with Crippen LogP contribution in [0.3, 0.4) is 0 Å². The van der Waals surface area contributed by atoms with E-state index in [1.807, 2.05) is 83.9 Å². The molecule has 2 heterocycles. The number of ether oxygens (including phenoxy) is 2. The average Bonchev–Trinajstić information content (AvgIpc) is 3.31. The van der Waals surface area contributed by atoms with Gasteiger partial charge in [-0.2, -0.15) is 0 Å². The zero-order valence-electron chi connectivity index (χ0n) is 20.9. The topological polar surface area (TPSA) is 67.9 Å². The van der Waals surface area contributed by atoms with E-state index in [2.05, 4.69) is 5.32 Å². The third-order valence-corrected chi connectivity index (χ3v) is 7.19. The molecule has 37 heavy (non-hydrogen) atoms. The molecule has 0 radical (unpaired) electrons. The average molecular weight is 495 g/mol. The molecule has 5 rings (SSSR count). The van der Waals surface area contributed by atoms with Crippen LogP contribution in [-0.4, -0.2) is 42.9 Å². The Labute approximate surface area is 217 Å². The van der Waals surface area contributed by atoms with Crippen molar-refractivity contribution in [3.05, 3.63) is 120 Å². The van der Waals surface area contributed by atoms with Crippen LogP contribution in [0.15, 0.2) is 103 Å². The van der Waals surface area contributed by atoms with E-state index < -0.39 is 12.0 Å². The molecule has 6 heteroatoms. The number of allylic oxidation sites excluding steroid dienone is 2. The minimum absolute atomic E-state index is 0.00298. The first-order chi connectivity index (χ1) is 18.1. The van der Waals surface area contributed by atoms with Crippen LogP contribution in [0.25, 0.3) is 0 Å². The van der Waals surface area contributed by atoms with Gasteiger partial charge in [0.2, 0.25) is 5.91 Å². The van der Waals surface area contributed by atoms with Gasteiger partial charge in [0.05, 0.1) is 26.2 Å². The van der Waals surface area contributed by atoms with Gasteiger partial charge < -0.3 is 19.7 Å². The minimum atomic E-state index is -0.560. The van der Waals surface area contributed by atoms with Crippen LogP contribution in [0.2, 0.25) is 0 Å². The number of nitrogens with one attached hydrogen (secondary N) is 1. The molecule has 3 aromatic carbocycles. The number of hydrogen-bond donors (Lipinski definition) is 1. The molecular formula is C31H30N2O4. The van der Waals surface area contributed by atoms with Gasteiger partial charge >= 0.3 is 0 Å². The summed E-state index contributed by atoms with van der Waals surface area (Å²) in [5.74, 6) is 0.470. The number of fused-ring (bicyclic) bond motifs is 1. The summed E-state index contributed by atoms with van der Waals surface area (Å²) in [4.78, 5) is 29.9. The van der Waals surface area contributed by atoms with Gasteiger partial charge in [0.1, 0.15) is 17.5 Å². The zero-order chi connectivity index (χ0) is 25.8. The van der Waals surface area contributed by atoms with Crippen molar-refractivity contribution in [3.8, 4) is 11.5 Å². The largest absolute Gasteiger partial charge is 0.497 e. The van der Waals surface area contributed by atoms with Crippen LogP contribution < -0.4 is 14.8 Å². The second-order valence-corrected chi connectivity index (χ2v) is 9.23. The molecule has 1 fully saturated rings. The van der Waals surface area contributed by atoms with Crippen molar-refractivity contribution in [3.63, 3.8) is 0 Å². The van der Waals surface area contributed by atoms with Crippen molar-refractivity contribution in [2.75, 3.05) is 14.2 Å². The lowest BCUT2D eigenvalue weighted by molar-refractivity contribution is -0.125. The van der Waals surface area contributed by atoms with Crippen molar-refractivity contribution in [2.24, 2.45) is 5.92 Å². The number of hydrogen-bond acceptors (Lipinski definition) is 5. The molecule has 0 spiro atoms. The molecule has 6 nitrogen and oxygen atoms in total. The molecule has 4 atom stereocenters. The van der Waals surface area contributed by atoms with Crippen LogP contribution in [0.5, 0.6) is 11.5 Å². The Morgan fingerprint density at radius 2 is 1.49 bits per heavy atom. The normalized spacial score (nSPS) is 21.8. The first-order valence-electron chi connectivity index (χ1n) is 12.4. The highest BCUT2D eigenvalue weighted by molar-refractivity contribution is 6.01. The number of amides is 1. The third kappa shape index (κ3) is 4.87. The Kier molecular flexibility index (Phi) is 7.08. The molecule has 0 aliphatic carbocycles. The van der Waals surface area contributed by atoms with Crippen LogP contribution in [0, 0.1) is 5.92 Å². The van der Waals surface area contributed by atoms with Crippen LogP contribution >= 0.6 is 0 Å². The fraction of sp³-hybridized carbons (Fsp3) is 0.226. The fourth-order valence-corrected chi connectivity index (χ4v) is 5.37. The molecule has 188 valence electrons. The summed E-state index contributed by atoms with van der Waals surface area (Å²) < 4.78 is 10.6. The molecule has 0 bridgehead atoms. The van der Waals surface area contributed by atoms with Gasteiger partial charge in [0.25, 0.3) is 0 Å². The van der Waals surface area contributed by atoms with Gasteiger partial charge in [-0.15, -0.1) is 0 Å². The summed E-state index contributed by atoms with van der Waals surface area (Å²) in [5, 5.41) is 3.12. The van der Waals surface area contributed by atoms with E-state index in [0.29, 0.717) is 17.9 Å². The van der Waals surface area contributed by atoms with E-state index in [1.54, 1.807) is 38.5 Å². The number of carbonyl (C=O) groups excluding carboxylic acids is 2. The molecule has 1 amide bonds. The van der Waals surface area contributed by atoms with Gasteiger partial charge in [0.15, 0.2) is 5.78 Å². The maximum absolute atomic E-state index is 14.1. The van der Waals surface area contributed by atoms with Crippen molar-refractivity contribution in [2.45, 2.75) is 24.5 Å². The summed E-state index contributed by atoms with van der Waals surface area (Å²) in [5.41, 5.74) is 2.53. The smallest absolute Gasteiger partial charge is 0.243 e.